The molecule has 94 valence electrons. The van der Waals surface area contributed by atoms with Crippen LogP contribution in [0.5, 0.6) is 0 Å². The number of carbonyl (C=O) groups excluding carboxylic acids is 1. The van der Waals surface area contributed by atoms with Crippen molar-refractivity contribution in [1.29, 1.82) is 0 Å². The van der Waals surface area contributed by atoms with Gasteiger partial charge in [-0.05, 0) is 25.9 Å². The number of rotatable bonds is 6. The highest BCUT2D eigenvalue weighted by Crippen LogP contribution is 2.16. The van der Waals surface area contributed by atoms with Gasteiger partial charge in [-0.2, -0.15) is 0 Å². The lowest BCUT2D eigenvalue weighted by molar-refractivity contribution is -0.125. The number of hydrogen-bond donors (Lipinski definition) is 2. The molecule has 3 N–H and O–H groups in total. The number of likely N-dealkylation sites (tertiary alicyclic amines) is 1. The average molecular weight is 229 g/mol. The molecular formula is C11H23N3O2. The van der Waals surface area contributed by atoms with Crippen LogP contribution < -0.4 is 11.1 Å². The summed E-state index contributed by atoms with van der Waals surface area (Å²) in [4.78, 5) is 13.7. The zero-order chi connectivity index (χ0) is 11.8. The first-order valence-electron chi connectivity index (χ1n) is 5.99. The molecule has 0 bridgehead atoms. The van der Waals surface area contributed by atoms with Gasteiger partial charge in [0, 0.05) is 26.1 Å². The van der Waals surface area contributed by atoms with E-state index in [9.17, 15) is 4.79 Å². The topological polar surface area (TPSA) is 67.6 Å². The summed E-state index contributed by atoms with van der Waals surface area (Å²) < 4.78 is 5.34. The Morgan fingerprint density at radius 3 is 2.69 bits per heavy atom. The SMILES string of the molecule is CNC(=O)C1CCN(CCOCCN)CC1. The van der Waals surface area contributed by atoms with E-state index in [2.05, 4.69) is 10.2 Å². The molecule has 0 aromatic carbocycles. The minimum Gasteiger partial charge on any atom is -0.379 e. The van der Waals surface area contributed by atoms with Crippen LogP contribution in [0, 0.1) is 5.92 Å². The van der Waals surface area contributed by atoms with Gasteiger partial charge in [0.25, 0.3) is 0 Å². The number of ether oxygens (including phenoxy) is 1. The van der Waals surface area contributed by atoms with Crippen molar-refractivity contribution in [2.75, 3.05) is 46.4 Å². The van der Waals surface area contributed by atoms with Gasteiger partial charge in [0.15, 0.2) is 0 Å². The van der Waals surface area contributed by atoms with Crippen molar-refractivity contribution in [3.63, 3.8) is 0 Å². The molecule has 1 rings (SSSR count). The van der Waals surface area contributed by atoms with Gasteiger partial charge in [0.05, 0.1) is 13.2 Å². The summed E-state index contributed by atoms with van der Waals surface area (Å²) in [6, 6.07) is 0. The molecule has 0 atom stereocenters. The molecule has 0 radical (unpaired) electrons. The van der Waals surface area contributed by atoms with E-state index in [4.69, 9.17) is 10.5 Å². The molecule has 1 aliphatic heterocycles. The molecule has 1 saturated heterocycles. The Morgan fingerprint density at radius 2 is 2.12 bits per heavy atom. The van der Waals surface area contributed by atoms with E-state index in [0.717, 1.165) is 39.1 Å². The van der Waals surface area contributed by atoms with Crippen LogP contribution in [-0.4, -0.2) is 57.2 Å². The van der Waals surface area contributed by atoms with Crippen LogP contribution in [0.1, 0.15) is 12.8 Å². The lowest BCUT2D eigenvalue weighted by Crippen LogP contribution is -2.40. The summed E-state index contributed by atoms with van der Waals surface area (Å²) in [5, 5.41) is 2.71. The number of nitrogens with zero attached hydrogens (tertiary/aromatic N) is 1. The van der Waals surface area contributed by atoms with E-state index in [1.165, 1.54) is 0 Å². The molecule has 1 amide bonds. The quantitative estimate of drug-likeness (QED) is 0.598. The molecule has 1 aliphatic rings. The second-order valence-electron chi connectivity index (χ2n) is 4.13. The summed E-state index contributed by atoms with van der Waals surface area (Å²) in [5.41, 5.74) is 5.33. The Morgan fingerprint density at radius 1 is 1.44 bits per heavy atom. The van der Waals surface area contributed by atoms with Gasteiger partial charge in [0.1, 0.15) is 0 Å². The zero-order valence-electron chi connectivity index (χ0n) is 10.1. The number of carbonyl (C=O) groups is 1. The van der Waals surface area contributed by atoms with Crippen molar-refractivity contribution < 1.29 is 9.53 Å². The van der Waals surface area contributed by atoms with Crippen LogP contribution in [0.15, 0.2) is 0 Å². The number of nitrogens with one attached hydrogen (secondary N) is 1. The van der Waals surface area contributed by atoms with Crippen LogP contribution in [-0.2, 0) is 9.53 Å². The van der Waals surface area contributed by atoms with E-state index in [0.29, 0.717) is 13.2 Å². The van der Waals surface area contributed by atoms with Gasteiger partial charge in [0.2, 0.25) is 5.91 Å². The van der Waals surface area contributed by atoms with E-state index in [1.807, 2.05) is 0 Å². The molecule has 1 fully saturated rings. The molecule has 5 nitrogen and oxygen atoms in total. The van der Waals surface area contributed by atoms with Gasteiger partial charge in [-0.1, -0.05) is 0 Å². The summed E-state index contributed by atoms with van der Waals surface area (Å²) in [6.07, 6.45) is 1.91. The summed E-state index contributed by atoms with van der Waals surface area (Å²) in [5.74, 6) is 0.380. The van der Waals surface area contributed by atoms with Crippen molar-refractivity contribution in [2.45, 2.75) is 12.8 Å². The zero-order valence-corrected chi connectivity index (χ0v) is 10.1. The number of hydrogen-bond acceptors (Lipinski definition) is 4. The smallest absolute Gasteiger partial charge is 0.222 e. The van der Waals surface area contributed by atoms with E-state index < -0.39 is 0 Å². The van der Waals surface area contributed by atoms with Gasteiger partial charge in [-0.25, -0.2) is 0 Å². The maximum Gasteiger partial charge on any atom is 0.222 e. The Kier molecular flexibility index (Phi) is 6.37. The Bertz CT molecular complexity index is 203. The van der Waals surface area contributed by atoms with Gasteiger partial charge in [-0.3, -0.25) is 4.79 Å². The molecular weight excluding hydrogens is 206 g/mol. The van der Waals surface area contributed by atoms with Crippen molar-refractivity contribution >= 4 is 5.91 Å². The molecule has 0 spiro atoms. The van der Waals surface area contributed by atoms with Gasteiger partial charge < -0.3 is 20.7 Å². The normalized spacial score (nSPS) is 18.6. The maximum atomic E-state index is 11.4. The third kappa shape index (κ3) is 4.47. The molecule has 0 unspecified atom stereocenters. The van der Waals surface area contributed by atoms with Crippen molar-refractivity contribution in [3.8, 4) is 0 Å². The third-order valence-electron chi connectivity index (χ3n) is 3.02. The average Bonchev–Trinajstić information content (AvgIpc) is 2.34. The molecule has 0 aliphatic carbocycles. The fourth-order valence-corrected chi connectivity index (χ4v) is 2.00. The minimum absolute atomic E-state index is 0.180. The predicted molar refractivity (Wildman–Crippen MR) is 63.1 cm³/mol. The van der Waals surface area contributed by atoms with Gasteiger partial charge in [-0.15, -0.1) is 0 Å². The van der Waals surface area contributed by atoms with E-state index in [1.54, 1.807) is 7.05 Å². The first kappa shape index (κ1) is 13.4. The van der Waals surface area contributed by atoms with Crippen LogP contribution in [0.4, 0.5) is 0 Å². The van der Waals surface area contributed by atoms with Crippen LogP contribution >= 0.6 is 0 Å². The van der Waals surface area contributed by atoms with E-state index in [-0.39, 0.29) is 11.8 Å². The second-order valence-corrected chi connectivity index (χ2v) is 4.13. The Balaban J connectivity index is 2.10. The van der Waals surface area contributed by atoms with Gasteiger partial charge >= 0.3 is 0 Å². The first-order valence-corrected chi connectivity index (χ1v) is 5.99. The van der Waals surface area contributed by atoms with E-state index >= 15 is 0 Å². The van der Waals surface area contributed by atoms with Crippen LogP contribution in [0.2, 0.25) is 0 Å². The summed E-state index contributed by atoms with van der Waals surface area (Å²) in [7, 11) is 1.70. The second kappa shape index (κ2) is 7.60. The number of amides is 1. The number of piperidine rings is 1. The highest BCUT2D eigenvalue weighted by Gasteiger charge is 2.23. The molecule has 0 aromatic heterocycles. The van der Waals surface area contributed by atoms with Crippen LogP contribution in [0.25, 0.3) is 0 Å². The maximum absolute atomic E-state index is 11.4. The lowest BCUT2D eigenvalue weighted by Gasteiger charge is -2.30. The molecule has 0 aromatic rings. The summed E-state index contributed by atoms with van der Waals surface area (Å²) >= 11 is 0. The fourth-order valence-electron chi connectivity index (χ4n) is 2.00. The monoisotopic (exact) mass is 229 g/mol. The molecule has 16 heavy (non-hydrogen) atoms. The predicted octanol–water partition coefficient (Wildman–Crippen LogP) is -0.580. The standard InChI is InChI=1S/C11H23N3O2/c1-13-11(15)10-2-5-14(6-3-10)7-9-16-8-4-12/h10H,2-9,12H2,1H3,(H,13,15). The lowest BCUT2D eigenvalue weighted by atomic mass is 9.96. The highest BCUT2D eigenvalue weighted by atomic mass is 16.5. The third-order valence-corrected chi connectivity index (χ3v) is 3.02. The number of nitrogens with two attached hydrogens (primary N) is 1. The largest absolute Gasteiger partial charge is 0.379 e. The Hall–Kier alpha value is -0.650. The van der Waals surface area contributed by atoms with Crippen molar-refractivity contribution in [2.24, 2.45) is 11.7 Å². The molecule has 5 heteroatoms. The van der Waals surface area contributed by atoms with Crippen LogP contribution in [0.3, 0.4) is 0 Å². The summed E-state index contributed by atoms with van der Waals surface area (Å²) in [6.45, 7) is 4.88. The molecule has 1 heterocycles. The van der Waals surface area contributed by atoms with Crippen molar-refractivity contribution in [3.05, 3.63) is 0 Å². The first-order chi connectivity index (χ1) is 7.77. The minimum atomic E-state index is 0.180. The molecule has 0 saturated carbocycles. The van der Waals surface area contributed by atoms with Crippen molar-refractivity contribution in [1.82, 2.24) is 10.2 Å². The Labute approximate surface area is 97.3 Å². The highest BCUT2D eigenvalue weighted by molar-refractivity contribution is 5.78. The fraction of sp³-hybridized carbons (Fsp3) is 0.909.